The van der Waals surface area contributed by atoms with Gasteiger partial charge in [-0.2, -0.15) is 0 Å². The minimum absolute atomic E-state index is 0.0525. The van der Waals surface area contributed by atoms with E-state index in [0.717, 1.165) is 19.4 Å². The van der Waals surface area contributed by atoms with E-state index in [-0.39, 0.29) is 10.9 Å². The van der Waals surface area contributed by atoms with Gasteiger partial charge >= 0.3 is 0 Å². The van der Waals surface area contributed by atoms with Crippen LogP contribution in [0.4, 0.5) is 5.82 Å². The van der Waals surface area contributed by atoms with Crippen molar-refractivity contribution < 1.29 is 0 Å². The van der Waals surface area contributed by atoms with Crippen LogP contribution in [0.25, 0.3) is 0 Å². The SMILES string of the molecule is Cn1ccnc(N2CCCC(Cl)C2)c1=O. The minimum Gasteiger partial charge on any atom is -0.351 e. The summed E-state index contributed by atoms with van der Waals surface area (Å²) in [6, 6.07) is 0. The highest BCUT2D eigenvalue weighted by Gasteiger charge is 2.21. The smallest absolute Gasteiger partial charge is 0.293 e. The van der Waals surface area contributed by atoms with Crippen molar-refractivity contribution in [1.29, 1.82) is 0 Å². The molecule has 1 aliphatic rings. The molecule has 1 fully saturated rings. The van der Waals surface area contributed by atoms with Crippen molar-refractivity contribution in [3.8, 4) is 0 Å². The monoisotopic (exact) mass is 227 g/mol. The van der Waals surface area contributed by atoms with Crippen LogP contribution < -0.4 is 10.5 Å². The van der Waals surface area contributed by atoms with Gasteiger partial charge in [-0.15, -0.1) is 11.6 Å². The van der Waals surface area contributed by atoms with Crippen LogP contribution >= 0.6 is 11.6 Å². The molecule has 0 radical (unpaired) electrons. The fourth-order valence-electron chi connectivity index (χ4n) is 1.82. The molecule has 0 N–H and O–H groups in total. The van der Waals surface area contributed by atoms with E-state index in [4.69, 9.17) is 11.6 Å². The Morgan fingerprint density at radius 2 is 2.40 bits per heavy atom. The fourth-order valence-corrected chi connectivity index (χ4v) is 2.14. The molecule has 0 saturated carbocycles. The van der Waals surface area contributed by atoms with Gasteiger partial charge in [0.1, 0.15) is 0 Å². The Labute approximate surface area is 93.5 Å². The molecule has 1 atom stereocenters. The van der Waals surface area contributed by atoms with Crippen LogP contribution in [-0.2, 0) is 7.05 Å². The molecular weight excluding hydrogens is 214 g/mol. The second kappa shape index (κ2) is 4.23. The topological polar surface area (TPSA) is 38.1 Å². The van der Waals surface area contributed by atoms with Crippen LogP contribution in [0, 0.1) is 0 Å². The van der Waals surface area contributed by atoms with Crippen molar-refractivity contribution in [1.82, 2.24) is 9.55 Å². The second-order valence-electron chi connectivity index (χ2n) is 3.85. The molecule has 0 aliphatic carbocycles. The van der Waals surface area contributed by atoms with E-state index in [2.05, 4.69) is 4.98 Å². The van der Waals surface area contributed by atoms with E-state index in [1.807, 2.05) is 4.90 Å². The first kappa shape index (κ1) is 10.5. The standard InChI is InChI=1S/C10H14ClN3O/c1-13-6-4-12-9(10(13)15)14-5-2-3-8(11)7-14/h4,6,8H,2-3,5,7H2,1H3. The maximum atomic E-state index is 11.8. The summed E-state index contributed by atoms with van der Waals surface area (Å²) in [5.74, 6) is 0.519. The predicted molar refractivity (Wildman–Crippen MR) is 60.6 cm³/mol. The number of alkyl halides is 1. The van der Waals surface area contributed by atoms with Crippen molar-refractivity contribution >= 4 is 17.4 Å². The van der Waals surface area contributed by atoms with Crippen molar-refractivity contribution in [2.24, 2.45) is 7.05 Å². The summed E-state index contributed by atoms with van der Waals surface area (Å²) < 4.78 is 1.54. The van der Waals surface area contributed by atoms with Crippen molar-refractivity contribution in [3.05, 3.63) is 22.7 Å². The van der Waals surface area contributed by atoms with Gasteiger partial charge in [0.2, 0.25) is 0 Å². The molecule has 2 rings (SSSR count). The lowest BCUT2D eigenvalue weighted by molar-refractivity contribution is 0.575. The summed E-state index contributed by atoms with van der Waals surface area (Å²) in [5, 5.41) is 0.130. The average Bonchev–Trinajstić information content (AvgIpc) is 2.22. The first-order valence-corrected chi connectivity index (χ1v) is 5.53. The molecule has 0 aromatic carbocycles. The quantitative estimate of drug-likeness (QED) is 0.672. The van der Waals surface area contributed by atoms with E-state index >= 15 is 0 Å². The van der Waals surface area contributed by atoms with Gasteiger partial charge in [-0.25, -0.2) is 4.98 Å². The number of anilines is 1. The van der Waals surface area contributed by atoms with Crippen LogP contribution in [0.15, 0.2) is 17.2 Å². The van der Waals surface area contributed by atoms with E-state index in [1.54, 1.807) is 24.0 Å². The van der Waals surface area contributed by atoms with E-state index in [1.165, 1.54) is 0 Å². The summed E-state index contributed by atoms with van der Waals surface area (Å²) >= 11 is 6.08. The summed E-state index contributed by atoms with van der Waals surface area (Å²) in [5.41, 5.74) is -0.0525. The molecule has 1 aromatic rings. The minimum atomic E-state index is -0.0525. The summed E-state index contributed by atoms with van der Waals surface area (Å²) in [6.45, 7) is 1.59. The molecular formula is C10H14ClN3O. The number of aromatic nitrogens is 2. The van der Waals surface area contributed by atoms with E-state index in [0.29, 0.717) is 12.4 Å². The summed E-state index contributed by atoms with van der Waals surface area (Å²) in [4.78, 5) is 17.9. The van der Waals surface area contributed by atoms with Gasteiger partial charge < -0.3 is 9.47 Å². The Balaban J connectivity index is 2.29. The van der Waals surface area contributed by atoms with E-state index in [9.17, 15) is 4.79 Å². The van der Waals surface area contributed by atoms with Gasteiger partial charge in [-0.3, -0.25) is 4.79 Å². The molecule has 1 unspecified atom stereocenters. The Hall–Kier alpha value is -1.03. The maximum Gasteiger partial charge on any atom is 0.293 e. The van der Waals surface area contributed by atoms with Crippen LogP contribution in [0.1, 0.15) is 12.8 Å². The molecule has 0 bridgehead atoms. The molecule has 0 spiro atoms. The zero-order valence-corrected chi connectivity index (χ0v) is 9.44. The van der Waals surface area contributed by atoms with Crippen LogP contribution in [-0.4, -0.2) is 28.0 Å². The number of piperidine rings is 1. The normalized spacial score (nSPS) is 21.7. The summed E-state index contributed by atoms with van der Waals surface area (Å²) in [7, 11) is 1.73. The first-order valence-electron chi connectivity index (χ1n) is 5.09. The van der Waals surface area contributed by atoms with Gasteiger partial charge in [0.25, 0.3) is 5.56 Å². The van der Waals surface area contributed by atoms with E-state index < -0.39 is 0 Å². The molecule has 15 heavy (non-hydrogen) atoms. The van der Waals surface area contributed by atoms with Gasteiger partial charge in [0, 0.05) is 32.5 Å². The number of rotatable bonds is 1. The van der Waals surface area contributed by atoms with Gasteiger partial charge in [-0.05, 0) is 12.8 Å². The fraction of sp³-hybridized carbons (Fsp3) is 0.600. The van der Waals surface area contributed by atoms with Crippen LogP contribution in [0.5, 0.6) is 0 Å². The maximum absolute atomic E-state index is 11.8. The first-order chi connectivity index (χ1) is 7.18. The van der Waals surface area contributed by atoms with Crippen LogP contribution in [0.2, 0.25) is 0 Å². The van der Waals surface area contributed by atoms with Crippen molar-refractivity contribution in [2.75, 3.05) is 18.0 Å². The Kier molecular flexibility index (Phi) is 2.95. The number of halogens is 1. The second-order valence-corrected chi connectivity index (χ2v) is 4.47. The van der Waals surface area contributed by atoms with Crippen molar-refractivity contribution in [2.45, 2.75) is 18.2 Å². The number of nitrogens with zero attached hydrogens (tertiary/aromatic N) is 3. The molecule has 0 amide bonds. The average molecular weight is 228 g/mol. The number of aryl methyl sites for hydroxylation is 1. The lowest BCUT2D eigenvalue weighted by Gasteiger charge is -2.30. The highest BCUT2D eigenvalue weighted by molar-refractivity contribution is 6.21. The molecule has 1 aliphatic heterocycles. The molecule has 1 saturated heterocycles. The zero-order valence-electron chi connectivity index (χ0n) is 8.69. The van der Waals surface area contributed by atoms with Crippen molar-refractivity contribution in [3.63, 3.8) is 0 Å². The third kappa shape index (κ3) is 2.15. The molecule has 5 heteroatoms. The molecule has 1 aromatic heterocycles. The molecule has 82 valence electrons. The third-order valence-corrected chi connectivity index (χ3v) is 3.02. The zero-order chi connectivity index (χ0) is 10.8. The molecule has 4 nitrogen and oxygen atoms in total. The highest BCUT2D eigenvalue weighted by atomic mass is 35.5. The Bertz CT molecular complexity index is 404. The largest absolute Gasteiger partial charge is 0.351 e. The Morgan fingerprint density at radius 3 is 3.13 bits per heavy atom. The Morgan fingerprint density at radius 1 is 1.60 bits per heavy atom. The van der Waals surface area contributed by atoms with Gasteiger partial charge in [0.05, 0.1) is 5.38 Å². The lowest BCUT2D eigenvalue weighted by atomic mass is 10.1. The van der Waals surface area contributed by atoms with Gasteiger partial charge in [-0.1, -0.05) is 0 Å². The summed E-state index contributed by atoms with van der Waals surface area (Å²) in [6.07, 6.45) is 5.35. The number of hydrogen-bond acceptors (Lipinski definition) is 3. The highest BCUT2D eigenvalue weighted by Crippen LogP contribution is 2.17. The van der Waals surface area contributed by atoms with Gasteiger partial charge in [0.15, 0.2) is 5.82 Å². The lowest BCUT2D eigenvalue weighted by Crippen LogP contribution is -2.40. The predicted octanol–water partition coefficient (Wildman–Crippen LogP) is 0.988. The third-order valence-electron chi connectivity index (χ3n) is 2.66. The number of hydrogen-bond donors (Lipinski definition) is 0. The molecule has 2 heterocycles. The van der Waals surface area contributed by atoms with Crippen LogP contribution in [0.3, 0.4) is 0 Å².